The van der Waals surface area contributed by atoms with Gasteiger partial charge in [-0.2, -0.15) is 0 Å². The Morgan fingerprint density at radius 3 is 3.00 bits per heavy atom. The second kappa shape index (κ2) is 5.56. The molecule has 0 bridgehead atoms. The number of hydrogen-bond acceptors (Lipinski definition) is 4. The minimum Gasteiger partial charge on any atom is -0.486 e. The number of ketones is 1. The average molecular weight is 341 g/mol. The summed E-state index contributed by atoms with van der Waals surface area (Å²) in [6.45, 7) is 1.40. The number of nitrogens with one attached hydrogen (secondary N) is 1. The Labute approximate surface area is 147 Å². The molecule has 1 amide bonds. The fourth-order valence-electron chi connectivity index (χ4n) is 5.26. The van der Waals surface area contributed by atoms with Crippen molar-refractivity contribution in [2.75, 3.05) is 13.2 Å². The monoisotopic (exact) mass is 341 g/mol. The van der Waals surface area contributed by atoms with Gasteiger partial charge in [0.25, 0.3) is 0 Å². The van der Waals surface area contributed by atoms with Crippen LogP contribution in [0.15, 0.2) is 24.3 Å². The zero-order chi connectivity index (χ0) is 17.0. The zero-order valence-corrected chi connectivity index (χ0v) is 14.2. The third kappa shape index (κ3) is 2.40. The molecule has 3 fully saturated rings. The lowest BCUT2D eigenvalue weighted by atomic mass is 9.84. The van der Waals surface area contributed by atoms with Gasteiger partial charge in [-0.3, -0.25) is 9.59 Å². The van der Waals surface area contributed by atoms with Crippen molar-refractivity contribution >= 4 is 11.7 Å². The predicted octanol–water partition coefficient (Wildman–Crippen LogP) is 2.34. The van der Waals surface area contributed by atoms with Crippen LogP contribution in [0.25, 0.3) is 0 Å². The van der Waals surface area contributed by atoms with Crippen LogP contribution < -0.4 is 10.1 Å². The molecule has 0 radical (unpaired) electrons. The van der Waals surface area contributed by atoms with E-state index in [1.165, 1.54) is 0 Å². The van der Waals surface area contributed by atoms with E-state index in [0.29, 0.717) is 30.2 Å². The van der Waals surface area contributed by atoms with Gasteiger partial charge in [-0.05, 0) is 43.7 Å². The summed E-state index contributed by atoms with van der Waals surface area (Å²) in [6, 6.07) is 7.47. The van der Waals surface area contributed by atoms with E-state index in [1.807, 2.05) is 24.3 Å². The van der Waals surface area contributed by atoms with Gasteiger partial charge >= 0.3 is 0 Å². The maximum atomic E-state index is 12.6. The Bertz CT molecular complexity index is 726. The number of benzene rings is 1. The Morgan fingerprint density at radius 2 is 2.16 bits per heavy atom. The standard InChI is InChI=1S/C20H23NO4/c22-15-10-20(25-16-6-2-1-5-13(15)16)8-7-14-17(18(14)20)19(23)21-11-12-4-3-9-24-12/h1-2,5-6,12,14,17-18H,3-4,7-11H2,(H,21,23)/t12-,14-,17+,18+,20-/m0/s1. The van der Waals surface area contributed by atoms with Gasteiger partial charge in [-0.15, -0.1) is 0 Å². The molecule has 4 aliphatic rings. The second-order valence-electron chi connectivity index (χ2n) is 7.90. The molecule has 5 atom stereocenters. The Morgan fingerprint density at radius 1 is 1.28 bits per heavy atom. The Kier molecular flexibility index (Phi) is 3.42. The first-order valence-corrected chi connectivity index (χ1v) is 9.38. The van der Waals surface area contributed by atoms with E-state index in [4.69, 9.17) is 9.47 Å². The molecule has 2 aliphatic heterocycles. The highest BCUT2D eigenvalue weighted by atomic mass is 16.5. The first kappa shape index (κ1) is 15.4. The molecule has 0 unspecified atom stereocenters. The Hall–Kier alpha value is -1.88. The first-order chi connectivity index (χ1) is 12.2. The minimum atomic E-state index is -0.470. The van der Waals surface area contributed by atoms with Crippen molar-refractivity contribution in [1.29, 1.82) is 0 Å². The van der Waals surface area contributed by atoms with E-state index in [1.54, 1.807) is 0 Å². The summed E-state index contributed by atoms with van der Waals surface area (Å²) in [5.74, 6) is 1.47. The summed E-state index contributed by atoms with van der Waals surface area (Å²) < 4.78 is 11.9. The molecule has 132 valence electrons. The van der Waals surface area contributed by atoms with Crippen LogP contribution in [0.3, 0.4) is 0 Å². The fraction of sp³-hybridized carbons (Fsp3) is 0.600. The van der Waals surface area contributed by atoms with Gasteiger partial charge in [0.05, 0.1) is 18.1 Å². The highest BCUT2D eigenvalue weighted by molar-refractivity contribution is 6.00. The van der Waals surface area contributed by atoms with Gasteiger partial charge in [-0.1, -0.05) is 12.1 Å². The third-order valence-electron chi connectivity index (χ3n) is 6.47. The maximum absolute atomic E-state index is 12.6. The molecule has 25 heavy (non-hydrogen) atoms. The van der Waals surface area contributed by atoms with Crippen LogP contribution in [0.5, 0.6) is 5.75 Å². The number of carbonyl (C=O) groups is 2. The molecule has 2 saturated carbocycles. The topological polar surface area (TPSA) is 64.6 Å². The van der Waals surface area contributed by atoms with Crippen molar-refractivity contribution < 1.29 is 19.1 Å². The number of para-hydroxylation sites is 1. The summed E-state index contributed by atoms with van der Waals surface area (Å²) in [4.78, 5) is 25.2. The molecular weight excluding hydrogens is 318 g/mol. The van der Waals surface area contributed by atoms with Crippen LogP contribution in [0.1, 0.15) is 42.5 Å². The van der Waals surface area contributed by atoms with E-state index in [9.17, 15) is 9.59 Å². The molecule has 1 aromatic rings. The maximum Gasteiger partial charge on any atom is 0.223 e. The third-order valence-corrected chi connectivity index (χ3v) is 6.47. The van der Waals surface area contributed by atoms with E-state index >= 15 is 0 Å². The summed E-state index contributed by atoms with van der Waals surface area (Å²) >= 11 is 0. The molecular formula is C20H23NO4. The van der Waals surface area contributed by atoms with Crippen LogP contribution in [0.4, 0.5) is 0 Å². The number of amides is 1. The molecule has 1 saturated heterocycles. The molecule has 1 N–H and O–H groups in total. The number of Topliss-reactive ketones (excluding diaryl/α,β-unsaturated/α-hetero) is 1. The van der Waals surface area contributed by atoms with Crippen LogP contribution >= 0.6 is 0 Å². The fourth-order valence-corrected chi connectivity index (χ4v) is 5.26. The highest BCUT2D eigenvalue weighted by Crippen LogP contribution is 2.65. The second-order valence-corrected chi connectivity index (χ2v) is 7.90. The van der Waals surface area contributed by atoms with E-state index in [-0.39, 0.29) is 29.6 Å². The number of hydrogen-bond donors (Lipinski definition) is 1. The van der Waals surface area contributed by atoms with E-state index in [2.05, 4.69) is 5.32 Å². The SMILES string of the molecule is O=C1C[C@]2(CC[C@H]3[C@@H](C(=O)NC[C@@H]4CCCO4)[C@@H]32)Oc2ccccc21. The van der Waals surface area contributed by atoms with Crippen LogP contribution in [-0.4, -0.2) is 36.5 Å². The molecule has 2 aliphatic carbocycles. The summed E-state index contributed by atoms with van der Waals surface area (Å²) in [7, 11) is 0. The van der Waals surface area contributed by atoms with Gasteiger partial charge in [0, 0.05) is 25.0 Å². The normalized spacial score (nSPS) is 38.2. The number of carbonyl (C=O) groups excluding carboxylic acids is 2. The van der Waals surface area contributed by atoms with Crippen LogP contribution in [0, 0.1) is 17.8 Å². The minimum absolute atomic E-state index is 0.00628. The molecule has 0 aromatic heterocycles. The molecule has 5 rings (SSSR count). The first-order valence-electron chi connectivity index (χ1n) is 9.38. The number of rotatable bonds is 3. The largest absolute Gasteiger partial charge is 0.486 e. The smallest absolute Gasteiger partial charge is 0.223 e. The van der Waals surface area contributed by atoms with E-state index < -0.39 is 5.60 Å². The lowest BCUT2D eigenvalue weighted by molar-refractivity contribution is -0.124. The number of ether oxygens (including phenoxy) is 2. The van der Waals surface area contributed by atoms with E-state index in [0.717, 1.165) is 32.3 Å². The van der Waals surface area contributed by atoms with Gasteiger partial charge in [-0.25, -0.2) is 0 Å². The summed E-state index contributed by atoms with van der Waals surface area (Å²) in [5, 5.41) is 3.06. The lowest BCUT2D eigenvalue weighted by Gasteiger charge is -2.37. The van der Waals surface area contributed by atoms with Crippen LogP contribution in [-0.2, 0) is 9.53 Å². The number of fused-ring (bicyclic) bond motifs is 3. The van der Waals surface area contributed by atoms with Crippen molar-refractivity contribution in [2.45, 2.75) is 43.8 Å². The quantitative estimate of drug-likeness (QED) is 0.916. The van der Waals surface area contributed by atoms with Crippen LogP contribution in [0.2, 0.25) is 0 Å². The summed E-state index contributed by atoms with van der Waals surface area (Å²) in [5.41, 5.74) is 0.207. The van der Waals surface area contributed by atoms with Crippen molar-refractivity contribution in [2.24, 2.45) is 17.8 Å². The van der Waals surface area contributed by atoms with Gasteiger partial charge in [0.2, 0.25) is 5.91 Å². The molecule has 2 heterocycles. The van der Waals surface area contributed by atoms with Gasteiger partial charge in [0.1, 0.15) is 11.4 Å². The van der Waals surface area contributed by atoms with Crippen molar-refractivity contribution in [1.82, 2.24) is 5.32 Å². The van der Waals surface area contributed by atoms with Gasteiger partial charge < -0.3 is 14.8 Å². The highest BCUT2D eigenvalue weighted by Gasteiger charge is 2.70. The van der Waals surface area contributed by atoms with Crippen molar-refractivity contribution in [3.8, 4) is 5.75 Å². The average Bonchev–Trinajstić information content (AvgIpc) is 2.94. The molecule has 1 aromatic carbocycles. The van der Waals surface area contributed by atoms with Crippen molar-refractivity contribution in [3.05, 3.63) is 29.8 Å². The Balaban J connectivity index is 1.29. The molecule has 5 nitrogen and oxygen atoms in total. The predicted molar refractivity (Wildman–Crippen MR) is 90.4 cm³/mol. The molecule has 1 spiro atoms. The molecule has 5 heteroatoms. The van der Waals surface area contributed by atoms with Crippen molar-refractivity contribution in [3.63, 3.8) is 0 Å². The lowest BCUT2D eigenvalue weighted by Crippen LogP contribution is -2.44. The summed E-state index contributed by atoms with van der Waals surface area (Å²) in [6.07, 6.45) is 4.51. The van der Waals surface area contributed by atoms with Gasteiger partial charge in [0.15, 0.2) is 5.78 Å². The zero-order valence-electron chi connectivity index (χ0n) is 14.2.